The Morgan fingerprint density at radius 1 is 1.44 bits per heavy atom. The van der Waals surface area contributed by atoms with Crippen LogP contribution in [0.1, 0.15) is 17.3 Å². The number of nitro benzene ring substituents is 1. The Kier molecular flexibility index (Phi) is 4.09. The molecule has 0 amide bonds. The SMILES string of the molecule is CCOC(=O)c1cc([N+](=O)[O-])c(Cl)cc1Cl. The Bertz CT molecular complexity index is 447. The molecule has 0 spiro atoms. The Balaban J connectivity index is 3.24. The van der Waals surface area contributed by atoms with Crippen LogP contribution in [0.3, 0.4) is 0 Å². The summed E-state index contributed by atoms with van der Waals surface area (Å²) in [7, 11) is 0. The van der Waals surface area contributed by atoms with Crippen molar-refractivity contribution < 1.29 is 14.5 Å². The summed E-state index contributed by atoms with van der Waals surface area (Å²) in [5.74, 6) is -0.715. The van der Waals surface area contributed by atoms with Gasteiger partial charge in [0.25, 0.3) is 5.69 Å². The first-order chi connectivity index (χ1) is 7.47. The number of halogens is 2. The highest BCUT2D eigenvalue weighted by Gasteiger charge is 2.20. The highest BCUT2D eigenvalue weighted by molar-refractivity contribution is 6.37. The van der Waals surface area contributed by atoms with E-state index >= 15 is 0 Å². The van der Waals surface area contributed by atoms with E-state index in [2.05, 4.69) is 0 Å². The van der Waals surface area contributed by atoms with Crippen LogP contribution in [0.5, 0.6) is 0 Å². The first kappa shape index (κ1) is 12.7. The molecule has 0 aliphatic carbocycles. The number of carbonyl (C=O) groups excluding carboxylic acids is 1. The predicted molar refractivity (Wildman–Crippen MR) is 59.1 cm³/mol. The fourth-order valence-corrected chi connectivity index (χ4v) is 1.57. The standard InChI is InChI=1S/C9H7Cl2NO4/c1-2-16-9(13)5-3-8(12(14)15)7(11)4-6(5)10/h3-4H,2H2,1H3. The van der Waals surface area contributed by atoms with E-state index in [4.69, 9.17) is 27.9 Å². The first-order valence-corrected chi connectivity index (χ1v) is 5.03. The quantitative estimate of drug-likeness (QED) is 0.478. The van der Waals surface area contributed by atoms with Gasteiger partial charge in [0.2, 0.25) is 0 Å². The molecule has 0 fully saturated rings. The molecule has 0 aliphatic heterocycles. The number of hydrogen-bond acceptors (Lipinski definition) is 4. The molecule has 7 heteroatoms. The molecule has 0 aliphatic rings. The van der Waals surface area contributed by atoms with Gasteiger partial charge in [-0.2, -0.15) is 0 Å². The number of nitrogens with zero attached hydrogens (tertiary/aromatic N) is 1. The fraction of sp³-hybridized carbons (Fsp3) is 0.222. The van der Waals surface area contributed by atoms with Crippen LogP contribution in [0.4, 0.5) is 5.69 Å². The van der Waals surface area contributed by atoms with Crippen LogP contribution in [-0.2, 0) is 4.74 Å². The van der Waals surface area contributed by atoms with E-state index in [1.54, 1.807) is 6.92 Å². The third-order valence-corrected chi connectivity index (χ3v) is 2.34. The first-order valence-electron chi connectivity index (χ1n) is 4.28. The van der Waals surface area contributed by atoms with Crippen LogP contribution < -0.4 is 0 Å². The zero-order valence-corrected chi connectivity index (χ0v) is 9.71. The molecule has 0 heterocycles. The zero-order chi connectivity index (χ0) is 12.3. The Labute approximate surface area is 101 Å². The van der Waals surface area contributed by atoms with Crippen molar-refractivity contribution in [1.82, 2.24) is 0 Å². The van der Waals surface area contributed by atoms with Crippen molar-refractivity contribution in [2.24, 2.45) is 0 Å². The summed E-state index contributed by atoms with van der Waals surface area (Å²) in [5.41, 5.74) is -0.450. The van der Waals surface area contributed by atoms with Gasteiger partial charge in [-0.05, 0) is 13.0 Å². The topological polar surface area (TPSA) is 69.4 Å². The molecule has 0 saturated heterocycles. The van der Waals surface area contributed by atoms with E-state index in [0.717, 1.165) is 12.1 Å². The van der Waals surface area contributed by atoms with Gasteiger partial charge in [-0.15, -0.1) is 0 Å². The third kappa shape index (κ3) is 2.62. The summed E-state index contributed by atoms with van der Waals surface area (Å²) < 4.78 is 4.69. The highest BCUT2D eigenvalue weighted by Crippen LogP contribution is 2.31. The molecule has 0 N–H and O–H groups in total. The number of nitro groups is 1. The van der Waals surface area contributed by atoms with E-state index < -0.39 is 10.9 Å². The normalized spacial score (nSPS) is 9.94. The lowest BCUT2D eigenvalue weighted by atomic mass is 10.2. The minimum Gasteiger partial charge on any atom is -0.462 e. The molecular weight excluding hydrogens is 257 g/mol. The van der Waals surface area contributed by atoms with Crippen LogP contribution in [0.25, 0.3) is 0 Å². The molecule has 0 saturated carbocycles. The lowest BCUT2D eigenvalue weighted by Crippen LogP contribution is -2.06. The minimum atomic E-state index is -0.715. The van der Waals surface area contributed by atoms with Crippen LogP contribution in [0.15, 0.2) is 12.1 Å². The molecule has 1 rings (SSSR count). The summed E-state index contributed by atoms with van der Waals surface area (Å²) in [6, 6.07) is 2.15. The van der Waals surface area contributed by atoms with Crippen LogP contribution in [-0.4, -0.2) is 17.5 Å². The predicted octanol–water partition coefficient (Wildman–Crippen LogP) is 3.08. The van der Waals surface area contributed by atoms with Gasteiger partial charge < -0.3 is 4.74 Å². The molecule has 16 heavy (non-hydrogen) atoms. The third-order valence-electron chi connectivity index (χ3n) is 1.73. The minimum absolute atomic E-state index is 0.0223. The maximum Gasteiger partial charge on any atom is 0.339 e. The van der Waals surface area contributed by atoms with Gasteiger partial charge in [0.15, 0.2) is 0 Å². The Morgan fingerprint density at radius 3 is 2.56 bits per heavy atom. The van der Waals surface area contributed by atoms with Gasteiger partial charge in [0.05, 0.1) is 22.1 Å². The second-order valence-electron chi connectivity index (χ2n) is 2.76. The molecule has 1 aromatic carbocycles. The van der Waals surface area contributed by atoms with Gasteiger partial charge >= 0.3 is 5.97 Å². The summed E-state index contributed by atoms with van der Waals surface area (Å²) in [5, 5.41) is 10.5. The molecule has 0 atom stereocenters. The maximum absolute atomic E-state index is 11.4. The van der Waals surface area contributed by atoms with Gasteiger partial charge in [-0.3, -0.25) is 10.1 Å². The molecule has 0 bridgehead atoms. The molecule has 1 aromatic rings. The summed E-state index contributed by atoms with van der Waals surface area (Å²) in [4.78, 5) is 21.3. The molecule has 86 valence electrons. The number of carbonyl (C=O) groups is 1. The summed E-state index contributed by atoms with van der Waals surface area (Å²) in [6.07, 6.45) is 0. The van der Waals surface area contributed by atoms with Gasteiger partial charge in [0, 0.05) is 6.07 Å². The van der Waals surface area contributed by atoms with Gasteiger partial charge in [0.1, 0.15) is 5.02 Å². The summed E-state index contributed by atoms with van der Waals surface area (Å²) >= 11 is 11.3. The van der Waals surface area contributed by atoms with Gasteiger partial charge in [-0.25, -0.2) is 4.79 Å². The van der Waals surface area contributed by atoms with Crippen LogP contribution in [0.2, 0.25) is 10.0 Å². The maximum atomic E-state index is 11.4. The van der Waals surface area contributed by atoms with Crippen molar-refractivity contribution in [3.63, 3.8) is 0 Å². The van der Waals surface area contributed by atoms with E-state index in [1.165, 1.54) is 0 Å². The van der Waals surface area contributed by atoms with E-state index in [-0.39, 0.29) is 27.9 Å². The molecule has 0 radical (unpaired) electrons. The van der Waals surface area contributed by atoms with Gasteiger partial charge in [-0.1, -0.05) is 23.2 Å². The number of ether oxygens (including phenoxy) is 1. The zero-order valence-electron chi connectivity index (χ0n) is 8.20. The van der Waals surface area contributed by atoms with Crippen molar-refractivity contribution in [1.29, 1.82) is 0 Å². The van der Waals surface area contributed by atoms with Crippen LogP contribution >= 0.6 is 23.2 Å². The van der Waals surface area contributed by atoms with Crippen LogP contribution in [0, 0.1) is 10.1 Å². The molecule has 5 nitrogen and oxygen atoms in total. The average molecular weight is 264 g/mol. The fourth-order valence-electron chi connectivity index (χ4n) is 1.04. The Morgan fingerprint density at radius 2 is 2.06 bits per heavy atom. The number of hydrogen-bond donors (Lipinski definition) is 0. The second-order valence-corrected chi connectivity index (χ2v) is 3.58. The highest BCUT2D eigenvalue weighted by atomic mass is 35.5. The molecule has 0 aromatic heterocycles. The lowest BCUT2D eigenvalue weighted by molar-refractivity contribution is -0.384. The number of benzene rings is 1. The lowest BCUT2D eigenvalue weighted by Gasteiger charge is -2.04. The van der Waals surface area contributed by atoms with Crippen molar-refractivity contribution in [3.8, 4) is 0 Å². The van der Waals surface area contributed by atoms with E-state index in [0.29, 0.717) is 0 Å². The largest absolute Gasteiger partial charge is 0.462 e. The van der Waals surface area contributed by atoms with Crippen molar-refractivity contribution in [2.75, 3.05) is 6.61 Å². The second kappa shape index (κ2) is 5.14. The Hall–Kier alpha value is -1.33. The molecule has 0 unspecified atom stereocenters. The monoisotopic (exact) mass is 263 g/mol. The molecular formula is C9H7Cl2NO4. The van der Waals surface area contributed by atoms with Crippen molar-refractivity contribution >= 4 is 34.9 Å². The van der Waals surface area contributed by atoms with E-state index in [9.17, 15) is 14.9 Å². The van der Waals surface area contributed by atoms with E-state index in [1.807, 2.05) is 0 Å². The summed E-state index contributed by atoms with van der Waals surface area (Å²) in [6.45, 7) is 1.78. The van der Waals surface area contributed by atoms with Crippen molar-refractivity contribution in [2.45, 2.75) is 6.92 Å². The number of rotatable bonds is 3. The smallest absolute Gasteiger partial charge is 0.339 e. The number of esters is 1. The van der Waals surface area contributed by atoms with Crippen molar-refractivity contribution in [3.05, 3.63) is 37.9 Å². The average Bonchev–Trinajstić information content (AvgIpc) is 2.17.